The third-order valence-electron chi connectivity index (χ3n) is 3.86. The average Bonchev–Trinajstić information content (AvgIpc) is 2.74. The first kappa shape index (κ1) is 19.1. The van der Waals surface area contributed by atoms with Gasteiger partial charge in [-0.15, -0.1) is 0 Å². The van der Waals surface area contributed by atoms with Crippen LogP contribution in [0, 0.1) is 0 Å². The fraction of sp³-hybridized carbons (Fsp3) is 0.136. The van der Waals surface area contributed by atoms with Gasteiger partial charge in [0, 0.05) is 5.69 Å². The standard InChI is InChI=1S/C22H21NO5/c1-25-17-11-13-18(14-12-17)27-15-22(24)23-16-7-9-19(10-8-16)28-21-6-4-3-5-20(21)26-2/h3-14H,15H2,1-2H3,(H,23,24). The van der Waals surface area contributed by atoms with Crippen LogP contribution >= 0.6 is 0 Å². The van der Waals surface area contributed by atoms with E-state index in [2.05, 4.69) is 5.32 Å². The van der Waals surface area contributed by atoms with Crippen molar-refractivity contribution in [3.8, 4) is 28.7 Å². The minimum atomic E-state index is -0.255. The number of methoxy groups -OCH3 is 2. The van der Waals surface area contributed by atoms with Crippen LogP contribution in [0.4, 0.5) is 5.69 Å². The van der Waals surface area contributed by atoms with Gasteiger partial charge >= 0.3 is 0 Å². The smallest absolute Gasteiger partial charge is 0.262 e. The normalized spacial score (nSPS) is 10.1. The van der Waals surface area contributed by atoms with Crippen molar-refractivity contribution in [2.24, 2.45) is 0 Å². The number of carbonyl (C=O) groups excluding carboxylic acids is 1. The van der Waals surface area contributed by atoms with Crippen molar-refractivity contribution in [1.29, 1.82) is 0 Å². The van der Waals surface area contributed by atoms with Gasteiger partial charge < -0.3 is 24.3 Å². The zero-order chi connectivity index (χ0) is 19.8. The molecule has 0 bridgehead atoms. The summed E-state index contributed by atoms with van der Waals surface area (Å²) in [5.74, 6) is 2.97. The summed E-state index contributed by atoms with van der Waals surface area (Å²) in [6.45, 7) is -0.0915. The number of nitrogens with one attached hydrogen (secondary N) is 1. The monoisotopic (exact) mass is 379 g/mol. The lowest BCUT2D eigenvalue weighted by molar-refractivity contribution is -0.118. The Hall–Kier alpha value is -3.67. The number of rotatable bonds is 8. The molecule has 6 nitrogen and oxygen atoms in total. The highest BCUT2D eigenvalue weighted by molar-refractivity contribution is 5.91. The van der Waals surface area contributed by atoms with Crippen LogP contribution in [0.2, 0.25) is 0 Å². The van der Waals surface area contributed by atoms with E-state index in [4.69, 9.17) is 18.9 Å². The van der Waals surface area contributed by atoms with Crippen molar-refractivity contribution in [3.05, 3.63) is 72.8 Å². The van der Waals surface area contributed by atoms with E-state index in [1.54, 1.807) is 62.8 Å². The number of hydrogen-bond donors (Lipinski definition) is 1. The average molecular weight is 379 g/mol. The molecule has 0 heterocycles. The number of para-hydroxylation sites is 2. The number of carbonyl (C=O) groups is 1. The molecule has 0 saturated heterocycles. The van der Waals surface area contributed by atoms with E-state index in [0.29, 0.717) is 28.7 Å². The number of anilines is 1. The van der Waals surface area contributed by atoms with Crippen molar-refractivity contribution < 1.29 is 23.7 Å². The van der Waals surface area contributed by atoms with E-state index in [0.717, 1.165) is 5.75 Å². The first-order valence-corrected chi connectivity index (χ1v) is 8.65. The summed E-state index contributed by atoms with van der Waals surface area (Å²) in [4.78, 5) is 12.1. The molecule has 0 fully saturated rings. The second kappa shape index (κ2) is 9.32. The molecule has 6 heteroatoms. The second-order valence-electron chi connectivity index (χ2n) is 5.79. The second-order valence-corrected chi connectivity index (χ2v) is 5.79. The van der Waals surface area contributed by atoms with Gasteiger partial charge in [0.2, 0.25) is 0 Å². The molecule has 0 radical (unpaired) electrons. The highest BCUT2D eigenvalue weighted by atomic mass is 16.5. The molecular formula is C22H21NO5. The van der Waals surface area contributed by atoms with Gasteiger partial charge in [-0.25, -0.2) is 0 Å². The van der Waals surface area contributed by atoms with Crippen LogP contribution in [0.25, 0.3) is 0 Å². The maximum atomic E-state index is 12.1. The number of ether oxygens (including phenoxy) is 4. The Morgan fingerprint density at radius 1 is 0.750 bits per heavy atom. The summed E-state index contributed by atoms with van der Waals surface area (Å²) < 4.78 is 21.6. The molecule has 0 unspecified atom stereocenters. The number of benzene rings is 3. The molecule has 28 heavy (non-hydrogen) atoms. The zero-order valence-corrected chi connectivity index (χ0v) is 15.7. The summed E-state index contributed by atoms with van der Waals surface area (Å²) in [5.41, 5.74) is 0.649. The predicted molar refractivity (Wildman–Crippen MR) is 107 cm³/mol. The fourth-order valence-corrected chi connectivity index (χ4v) is 2.45. The third kappa shape index (κ3) is 5.17. The van der Waals surface area contributed by atoms with Crippen LogP contribution in [0.1, 0.15) is 0 Å². The van der Waals surface area contributed by atoms with Gasteiger partial charge in [-0.2, -0.15) is 0 Å². The third-order valence-corrected chi connectivity index (χ3v) is 3.86. The lowest BCUT2D eigenvalue weighted by Gasteiger charge is -2.11. The van der Waals surface area contributed by atoms with E-state index >= 15 is 0 Å². The van der Waals surface area contributed by atoms with E-state index in [9.17, 15) is 4.79 Å². The first-order chi connectivity index (χ1) is 13.7. The summed E-state index contributed by atoms with van der Waals surface area (Å²) in [6, 6.07) is 21.5. The SMILES string of the molecule is COc1ccc(OCC(=O)Nc2ccc(Oc3ccccc3OC)cc2)cc1. The molecule has 3 aromatic carbocycles. The molecule has 1 N–H and O–H groups in total. The molecule has 144 valence electrons. The topological polar surface area (TPSA) is 66.0 Å². The molecule has 0 spiro atoms. The Morgan fingerprint density at radius 2 is 1.36 bits per heavy atom. The van der Waals surface area contributed by atoms with E-state index in [1.807, 2.05) is 24.3 Å². The first-order valence-electron chi connectivity index (χ1n) is 8.65. The van der Waals surface area contributed by atoms with Crippen molar-refractivity contribution in [2.45, 2.75) is 0 Å². The van der Waals surface area contributed by atoms with Crippen molar-refractivity contribution in [3.63, 3.8) is 0 Å². The Labute approximate surface area is 163 Å². The molecule has 0 saturated carbocycles. The van der Waals surface area contributed by atoms with E-state index < -0.39 is 0 Å². The molecule has 0 aliphatic carbocycles. The van der Waals surface area contributed by atoms with Crippen LogP contribution < -0.4 is 24.3 Å². The summed E-state index contributed by atoms with van der Waals surface area (Å²) in [7, 11) is 3.19. The minimum absolute atomic E-state index is 0.0915. The summed E-state index contributed by atoms with van der Waals surface area (Å²) >= 11 is 0. The van der Waals surface area contributed by atoms with Crippen LogP contribution in [-0.2, 0) is 4.79 Å². The van der Waals surface area contributed by atoms with Gasteiger partial charge in [0.25, 0.3) is 5.91 Å². The molecule has 3 rings (SSSR count). The molecular weight excluding hydrogens is 358 g/mol. The molecule has 0 atom stereocenters. The fourth-order valence-electron chi connectivity index (χ4n) is 2.45. The Morgan fingerprint density at radius 3 is 2.00 bits per heavy atom. The Bertz CT molecular complexity index is 907. The van der Waals surface area contributed by atoms with Crippen molar-refractivity contribution in [1.82, 2.24) is 0 Å². The van der Waals surface area contributed by atoms with Gasteiger partial charge in [-0.05, 0) is 60.7 Å². The highest BCUT2D eigenvalue weighted by Gasteiger charge is 2.07. The maximum Gasteiger partial charge on any atom is 0.262 e. The van der Waals surface area contributed by atoms with Gasteiger partial charge in [-0.3, -0.25) is 4.79 Å². The number of hydrogen-bond acceptors (Lipinski definition) is 5. The van der Waals surface area contributed by atoms with Gasteiger partial charge in [0.1, 0.15) is 17.2 Å². The highest BCUT2D eigenvalue weighted by Crippen LogP contribution is 2.31. The lowest BCUT2D eigenvalue weighted by Crippen LogP contribution is -2.20. The van der Waals surface area contributed by atoms with Crippen molar-refractivity contribution in [2.75, 3.05) is 26.1 Å². The van der Waals surface area contributed by atoms with E-state index in [1.165, 1.54) is 0 Å². The van der Waals surface area contributed by atoms with Gasteiger partial charge in [-0.1, -0.05) is 12.1 Å². The molecule has 0 aliphatic heterocycles. The summed E-state index contributed by atoms with van der Waals surface area (Å²) in [5, 5.41) is 2.78. The van der Waals surface area contributed by atoms with E-state index in [-0.39, 0.29) is 12.5 Å². The summed E-state index contributed by atoms with van der Waals surface area (Å²) in [6.07, 6.45) is 0. The quantitative estimate of drug-likeness (QED) is 0.624. The lowest BCUT2D eigenvalue weighted by atomic mass is 10.3. The molecule has 1 amide bonds. The van der Waals surface area contributed by atoms with Crippen LogP contribution in [-0.4, -0.2) is 26.7 Å². The van der Waals surface area contributed by atoms with Crippen LogP contribution in [0.5, 0.6) is 28.7 Å². The van der Waals surface area contributed by atoms with Crippen LogP contribution in [0.15, 0.2) is 72.8 Å². The maximum absolute atomic E-state index is 12.1. The Balaban J connectivity index is 1.52. The molecule has 0 aromatic heterocycles. The Kier molecular flexibility index (Phi) is 6.36. The molecule has 3 aromatic rings. The largest absolute Gasteiger partial charge is 0.497 e. The predicted octanol–water partition coefficient (Wildman–Crippen LogP) is 4.51. The van der Waals surface area contributed by atoms with Gasteiger partial charge in [0.05, 0.1) is 14.2 Å². The van der Waals surface area contributed by atoms with Crippen LogP contribution in [0.3, 0.4) is 0 Å². The van der Waals surface area contributed by atoms with Crippen molar-refractivity contribution >= 4 is 11.6 Å². The number of amides is 1. The van der Waals surface area contributed by atoms with Gasteiger partial charge in [0.15, 0.2) is 18.1 Å². The minimum Gasteiger partial charge on any atom is -0.497 e. The molecule has 0 aliphatic rings. The zero-order valence-electron chi connectivity index (χ0n) is 15.7.